The second kappa shape index (κ2) is 22.6. The Morgan fingerprint density at radius 2 is 1.52 bits per heavy atom. The van der Waals surface area contributed by atoms with Crippen LogP contribution in [0.15, 0.2) is 114 Å². The maximum Gasteiger partial charge on any atom is 0.250 e. The van der Waals surface area contributed by atoms with E-state index < -0.39 is 0 Å². The molecule has 1 aliphatic carbocycles. The molecule has 0 atom stereocenters. The van der Waals surface area contributed by atoms with Gasteiger partial charge >= 0.3 is 0 Å². The van der Waals surface area contributed by atoms with Gasteiger partial charge in [-0.05, 0) is 88.2 Å². The summed E-state index contributed by atoms with van der Waals surface area (Å²) in [6.45, 7) is 14.8. The Balaban J connectivity index is 0.000000661. The number of benzene rings is 3. The van der Waals surface area contributed by atoms with Crippen molar-refractivity contribution in [2.45, 2.75) is 79.2 Å². The number of likely N-dealkylation sites (N-methyl/N-ethyl adjacent to an activating group) is 3. The predicted octanol–water partition coefficient (Wildman–Crippen LogP) is 8.59. The van der Waals surface area contributed by atoms with Crippen molar-refractivity contribution in [1.29, 1.82) is 0 Å². The molecule has 3 aromatic carbocycles. The number of hydrogen-bond donors (Lipinski definition) is 2. The largest absolute Gasteiger partial charge is 0.508 e. The first-order valence-electron chi connectivity index (χ1n) is 18.1. The van der Waals surface area contributed by atoms with E-state index in [1.54, 1.807) is 55.3 Å². The fourth-order valence-electron chi connectivity index (χ4n) is 5.07. The van der Waals surface area contributed by atoms with E-state index in [0.717, 1.165) is 25.1 Å². The quantitative estimate of drug-likeness (QED) is 0.0753. The fraction of sp³-hybridized carbons (Fsp3) is 0.372. The number of amidine groups is 1. The maximum atomic E-state index is 12.9. The summed E-state index contributed by atoms with van der Waals surface area (Å²) in [7, 11) is 5.67. The average Bonchev–Trinajstić information content (AvgIpc) is 4.00. The summed E-state index contributed by atoms with van der Waals surface area (Å²) in [4.78, 5) is 37.0. The van der Waals surface area contributed by atoms with Gasteiger partial charge in [0.2, 0.25) is 12.3 Å². The number of unbranched alkanes of at least 4 members (excludes halogenated alkanes) is 1. The molecule has 3 aromatic rings. The first-order valence-corrected chi connectivity index (χ1v) is 18.1. The number of nitrogens with two attached hydrogens (primary N) is 1. The molecule has 52 heavy (non-hydrogen) atoms. The van der Waals surface area contributed by atoms with E-state index in [1.807, 2.05) is 55.3 Å². The molecule has 9 nitrogen and oxygen atoms in total. The van der Waals surface area contributed by atoms with Gasteiger partial charge in [-0.1, -0.05) is 88.6 Å². The third-order valence-electron chi connectivity index (χ3n) is 8.51. The van der Waals surface area contributed by atoms with E-state index in [4.69, 9.17) is 10.8 Å². The molecule has 0 bridgehead atoms. The molecule has 0 radical (unpaired) electrons. The van der Waals surface area contributed by atoms with Gasteiger partial charge in [-0.3, -0.25) is 19.4 Å². The number of carbonyl (C=O) groups excluding carboxylic acids is 2. The number of allylic oxidation sites excluding steroid dienone is 1. The Kier molecular flexibility index (Phi) is 18.7. The third-order valence-corrected chi connectivity index (χ3v) is 8.51. The summed E-state index contributed by atoms with van der Waals surface area (Å²) in [5.41, 5.74) is 11.9. The number of amides is 2. The monoisotopic (exact) mass is 708 g/mol. The summed E-state index contributed by atoms with van der Waals surface area (Å²) in [6, 6.07) is 23.2. The van der Waals surface area contributed by atoms with Crippen molar-refractivity contribution < 1.29 is 14.7 Å². The molecular formula is C43H60N6O3. The third kappa shape index (κ3) is 13.9. The molecule has 3 N–H and O–H groups in total. The van der Waals surface area contributed by atoms with Gasteiger partial charge in [-0.15, -0.1) is 0 Å². The molecule has 280 valence electrons. The molecule has 0 aromatic heterocycles. The van der Waals surface area contributed by atoms with E-state index in [-0.39, 0.29) is 5.91 Å². The maximum absolute atomic E-state index is 12.9. The van der Waals surface area contributed by atoms with Crippen LogP contribution in [0.25, 0.3) is 0 Å². The van der Waals surface area contributed by atoms with Crippen LogP contribution >= 0.6 is 0 Å². The molecule has 1 fully saturated rings. The van der Waals surface area contributed by atoms with Gasteiger partial charge in [-0.25, -0.2) is 4.99 Å². The Hall–Kier alpha value is -5.15. The smallest absolute Gasteiger partial charge is 0.250 e. The van der Waals surface area contributed by atoms with E-state index in [2.05, 4.69) is 56.4 Å². The average molecular weight is 709 g/mol. The van der Waals surface area contributed by atoms with E-state index in [1.165, 1.54) is 47.9 Å². The van der Waals surface area contributed by atoms with Crippen LogP contribution < -0.4 is 20.4 Å². The Morgan fingerprint density at radius 1 is 0.904 bits per heavy atom. The van der Waals surface area contributed by atoms with Crippen LogP contribution in [0.3, 0.4) is 0 Å². The minimum Gasteiger partial charge on any atom is -0.508 e. The highest BCUT2D eigenvalue weighted by atomic mass is 16.3. The normalized spacial score (nSPS) is 12.9. The zero-order valence-corrected chi connectivity index (χ0v) is 32.5. The van der Waals surface area contributed by atoms with E-state index >= 15 is 0 Å². The molecule has 0 heterocycles. The number of phenolic OH excluding ortho intramolecular Hbond substituents is 1. The van der Waals surface area contributed by atoms with Crippen LogP contribution in [0, 0.1) is 6.92 Å². The van der Waals surface area contributed by atoms with Gasteiger partial charge in [0.15, 0.2) is 5.84 Å². The Labute approximate surface area is 312 Å². The minimum absolute atomic E-state index is 0.149. The van der Waals surface area contributed by atoms with Gasteiger partial charge in [0.25, 0.3) is 0 Å². The lowest BCUT2D eigenvalue weighted by Crippen LogP contribution is -2.38. The van der Waals surface area contributed by atoms with Crippen LogP contribution in [0.2, 0.25) is 0 Å². The summed E-state index contributed by atoms with van der Waals surface area (Å²) < 4.78 is 0. The van der Waals surface area contributed by atoms with Crippen molar-refractivity contribution in [3.05, 3.63) is 120 Å². The molecule has 0 spiro atoms. The highest BCUT2D eigenvalue weighted by Crippen LogP contribution is 2.27. The van der Waals surface area contributed by atoms with Crippen molar-refractivity contribution in [3.63, 3.8) is 0 Å². The van der Waals surface area contributed by atoms with Gasteiger partial charge in [0.1, 0.15) is 11.4 Å². The number of aromatic hydroxyl groups is 1. The lowest BCUT2D eigenvalue weighted by atomic mass is 10.1. The number of carbonyl (C=O) groups is 2. The number of phenols is 1. The molecule has 0 aliphatic heterocycles. The zero-order valence-electron chi connectivity index (χ0n) is 32.5. The molecule has 0 saturated heterocycles. The molecule has 2 amide bonds. The molecule has 1 aliphatic rings. The topological polar surface area (TPSA) is 106 Å². The SMILES string of the molecule is C=CN=C(/C(=C(\C)N)N(C)c1ccc(CCC)cc1)N(C=O)c1cccc(N(C)C(=O)/C=C/CN(C)C2CC2)c1.CCCC.Cc1ccc(O)cc1. The van der Waals surface area contributed by atoms with Crippen LogP contribution in [0.5, 0.6) is 5.75 Å². The van der Waals surface area contributed by atoms with Crippen molar-refractivity contribution >= 4 is 35.2 Å². The second-order valence-corrected chi connectivity index (χ2v) is 12.9. The summed E-state index contributed by atoms with van der Waals surface area (Å²) in [5, 5.41) is 8.76. The van der Waals surface area contributed by atoms with Crippen LogP contribution in [-0.4, -0.2) is 61.9 Å². The molecule has 0 unspecified atom stereocenters. The fourth-order valence-corrected chi connectivity index (χ4v) is 5.07. The van der Waals surface area contributed by atoms with Crippen molar-refractivity contribution in [2.24, 2.45) is 10.7 Å². The van der Waals surface area contributed by atoms with Gasteiger partial charge in [0.05, 0.1) is 5.69 Å². The van der Waals surface area contributed by atoms with Gasteiger partial charge < -0.3 is 20.6 Å². The van der Waals surface area contributed by atoms with Gasteiger partial charge in [0, 0.05) is 56.0 Å². The summed E-state index contributed by atoms with van der Waals surface area (Å²) in [6.07, 6.45) is 12.7. The number of anilines is 3. The highest BCUT2D eigenvalue weighted by molar-refractivity contribution is 6.20. The van der Waals surface area contributed by atoms with Crippen LogP contribution in [-0.2, 0) is 16.0 Å². The lowest BCUT2D eigenvalue weighted by Gasteiger charge is -2.30. The summed E-state index contributed by atoms with van der Waals surface area (Å²) in [5.74, 6) is 0.499. The molecular weight excluding hydrogens is 649 g/mol. The highest BCUT2D eigenvalue weighted by Gasteiger charge is 2.25. The van der Waals surface area contributed by atoms with Crippen molar-refractivity contribution in [3.8, 4) is 5.75 Å². The Morgan fingerprint density at radius 3 is 2.02 bits per heavy atom. The first-order chi connectivity index (χ1) is 24.9. The van der Waals surface area contributed by atoms with E-state index in [9.17, 15) is 9.59 Å². The Bertz CT molecular complexity index is 1620. The van der Waals surface area contributed by atoms with Crippen molar-refractivity contribution in [2.75, 3.05) is 42.4 Å². The van der Waals surface area contributed by atoms with Crippen molar-refractivity contribution in [1.82, 2.24) is 4.90 Å². The number of hydrogen-bond acceptors (Lipinski definition) is 7. The van der Waals surface area contributed by atoms with E-state index in [0.29, 0.717) is 46.8 Å². The predicted molar refractivity (Wildman–Crippen MR) is 220 cm³/mol. The molecule has 9 heteroatoms. The van der Waals surface area contributed by atoms with Crippen LogP contribution in [0.4, 0.5) is 17.1 Å². The first kappa shape index (κ1) is 43.0. The number of nitrogens with zero attached hydrogens (tertiary/aromatic N) is 5. The second-order valence-electron chi connectivity index (χ2n) is 12.9. The minimum atomic E-state index is -0.149. The zero-order chi connectivity index (χ0) is 38.6. The molecule has 4 rings (SSSR count). The summed E-state index contributed by atoms with van der Waals surface area (Å²) >= 11 is 0. The lowest BCUT2D eigenvalue weighted by molar-refractivity contribution is -0.114. The molecule has 1 saturated carbocycles. The standard InChI is InChI=1S/C32H42N6O2.C7H8O.C4H10/c1-7-11-25-15-17-27(18-16-25)37(6)31(24(3)33)32(34-8-2)38(23-39)29-13-9-12-28(22-29)36(5)30(40)14-10-21-35(4)26-19-20-26;1-6-2-4-7(8)5-3-6;1-3-4-2/h8-10,12-18,22-23,26H,2,7,11,19-21,33H2,1,3-6H3;2-5,8H,1H3;3-4H2,1-2H3/b14-10+,31-24-,34-32?;;. The number of rotatable bonds is 14. The number of aliphatic imine (C=N–C) groups is 1. The van der Waals surface area contributed by atoms with Crippen LogP contribution in [0.1, 0.15) is 70.9 Å². The van der Waals surface area contributed by atoms with Gasteiger partial charge in [-0.2, -0.15) is 0 Å². The number of aryl methyl sites for hydroxylation is 2.